The molecule has 0 atom stereocenters. The minimum atomic E-state index is -0.366. The lowest BCUT2D eigenvalue weighted by Gasteiger charge is -2.27. The van der Waals surface area contributed by atoms with E-state index < -0.39 is 0 Å². The minimum Gasteiger partial charge on any atom is -0.339 e. The first-order chi connectivity index (χ1) is 13.0. The molecule has 2 amide bonds. The quantitative estimate of drug-likeness (QED) is 0.760. The molecule has 0 radical (unpaired) electrons. The molecule has 1 fully saturated rings. The van der Waals surface area contributed by atoms with E-state index in [1.54, 1.807) is 36.4 Å². The van der Waals surface area contributed by atoms with Crippen molar-refractivity contribution in [1.29, 1.82) is 0 Å². The van der Waals surface area contributed by atoms with Crippen molar-refractivity contribution in [1.82, 2.24) is 10.2 Å². The van der Waals surface area contributed by atoms with E-state index in [1.807, 2.05) is 17.0 Å². The minimum absolute atomic E-state index is 0.0261. The number of thiocarbonyl (C=S) groups is 1. The maximum Gasteiger partial charge on any atom is 0.257 e. The smallest absolute Gasteiger partial charge is 0.257 e. The van der Waals surface area contributed by atoms with E-state index in [0.717, 1.165) is 32.4 Å². The van der Waals surface area contributed by atoms with Crippen molar-refractivity contribution >= 4 is 46.4 Å². The molecule has 2 N–H and O–H groups in total. The zero-order valence-electron chi connectivity index (χ0n) is 14.7. The van der Waals surface area contributed by atoms with Gasteiger partial charge in [-0.05, 0) is 61.8 Å². The van der Waals surface area contributed by atoms with E-state index in [9.17, 15) is 9.59 Å². The molecular formula is C20H20ClN3O2S. The number of hydrogen-bond acceptors (Lipinski definition) is 3. The Morgan fingerprint density at radius 3 is 2.48 bits per heavy atom. The highest BCUT2D eigenvalue weighted by Crippen LogP contribution is 2.20. The first kappa shape index (κ1) is 19.3. The maximum absolute atomic E-state index is 12.8. The molecule has 5 nitrogen and oxygen atoms in total. The summed E-state index contributed by atoms with van der Waals surface area (Å²) in [7, 11) is 0. The van der Waals surface area contributed by atoms with E-state index in [-0.39, 0.29) is 16.9 Å². The third kappa shape index (κ3) is 5.05. The van der Waals surface area contributed by atoms with Gasteiger partial charge in [-0.15, -0.1) is 0 Å². The van der Waals surface area contributed by atoms with Gasteiger partial charge in [0.2, 0.25) is 0 Å². The van der Waals surface area contributed by atoms with Gasteiger partial charge in [-0.2, -0.15) is 0 Å². The van der Waals surface area contributed by atoms with Gasteiger partial charge < -0.3 is 10.2 Å². The molecule has 0 unspecified atom stereocenters. The van der Waals surface area contributed by atoms with Crippen LogP contribution in [0.1, 0.15) is 40.0 Å². The summed E-state index contributed by atoms with van der Waals surface area (Å²) in [5.74, 6) is -0.392. The Balaban J connectivity index is 1.69. The SMILES string of the molecule is O=C(NC(=S)Nc1ccccc1C(=O)N1CCCCC1)c1cccc(Cl)c1. The van der Waals surface area contributed by atoms with Gasteiger partial charge in [0.05, 0.1) is 11.3 Å². The van der Waals surface area contributed by atoms with Gasteiger partial charge in [0.1, 0.15) is 0 Å². The molecule has 0 spiro atoms. The van der Waals surface area contributed by atoms with Crippen LogP contribution < -0.4 is 10.6 Å². The standard InChI is InChI=1S/C20H20ClN3O2S/c21-15-8-6-7-14(13-15)18(25)23-20(27)22-17-10-3-2-9-16(17)19(26)24-11-4-1-5-12-24/h2-3,6-10,13H,1,4-5,11-12H2,(H2,22,23,25,27). The van der Waals surface area contributed by atoms with Gasteiger partial charge in [0.25, 0.3) is 11.8 Å². The van der Waals surface area contributed by atoms with Crippen molar-refractivity contribution in [3.8, 4) is 0 Å². The van der Waals surface area contributed by atoms with Crippen LogP contribution in [0, 0.1) is 0 Å². The van der Waals surface area contributed by atoms with E-state index in [1.165, 1.54) is 0 Å². The van der Waals surface area contributed by atoms with Crippen LogP contribution in [0.4, 0.5) is 5.69 Å². The molecule has 1 saturated heterocycles. The molecule has 1 heterocycles. The van der Waals surface area contributed by atoms with Crippen LogP contribution in [0.2, 0.25) is 5.02 Å². The third-order valence-corrected chi connectivity index (χ3v) is 4.80. The number of rotatable bonds is 3. The second-order valence-corrected chi connectivity index (χ2v) is 7.16. The van der Waals surface area contributed by atoms with Crippen molar-refractivity contribution in [2.75, 3.05) is 18.4 Å². The summed E-state index contributed by atoms with van der Waals surface area (Å²) in [5.41, 5.74) is 1.52. The number of nitrogens with zero attached hydrogens (tertiary/aromatic N) is 1. The molecular weight excluding hydrogens is 382 g/mol. The van der Waals surface area contributed by atoms with Gasteiger partial charge in [0.15, 0.2) is 5.11 Å². The molecule has 0 aliphatic carbocycles. The van der Waals surface area contributed by atoms with E-state index in [4.69, 9.17) is 23.8 Å². The second kappa shape index (κ2) is 8.97. The Morgan fingerprint density at radius 1 is 1.00 bits per heavy atom. The van der Waals surface area contributed by atoms with Crippen LogP contribution in [0.15, 0.2) is 48.5 Å². The number of hydrogen-bond donors (Lipinski definition) is 2. The number of nitrogens with one attached hydrogen (secondary N) is 2. The summed E-state index contributed by atoms with van der Waals surface area (Å²) in [4.78, 5) is 27.0. The monoisotopic (exact) mass is 401 g/mol. The van der Waals surface area contributed by atoms with Crippen LogP contribution in [-0.4, -0.2) is 34.9 Å². The molecule has 2 aromatic rings. The molecule has 1 aliphatic rings. The summed E-state index contributed by atoms with van der Waals surface area (Å²) in [6, 6.07) is 13.8. The van der Waals surface area contributed by atoms with Gasteiger partial charge in [0, 0.05) is 23.7 Å². The summed E-state index contributed by atoms with van der Waals surface area (Å²) >= 11 is 11.2. The van der Waals surface area contributed by atoms with Crippen molar-refractivity contribution in [2.45, 2.75) is 19.3 Å². The Kier molecular flexibility index (Phi) is 6.42. The molecule has 27 heavy (non-hydrogen) atoms. The first-order valence-electron chi connectivity index (χ1n) is 8.81. The van der Waals surface area contributed by atoms with Gasteiger partial charge >= 0.3 is 0 Å². The molecule has 2 aromatic carbocycles. The number of anilines is 1. The molecule has 0 saturated carbocycles. The lowest BCUT2D eigenvalue weighted by atomic mass is 10.1. The van der Waals surface area contributed by atoms with Gasteiger partial charge in [-0.1, -0.05) is 29.8 Å². The Labute approximate surface area is 168 Å². The summed E-state index contributed by atoms with van der Waals surface area (Å²) in [6.45, 7) is 1.53. The Bertz CT molecular complexity index is 866. The summed E-state index contributed by atoms with van der Waals surface area (Å²) < 4.78 is 0. The van der Waals surface area contributed by atoms with E-state index in [0.29, 0.717) is 21.8 Å². The zero-order chi connectivity index (χ0) is 19.2. The number of amides is 2. The number of likely N-dealkylation sites (tertiary alicyclic amines) is 1. The van der Waals surface area contributed by atoms with Gasteiger partial charge in [-0.3, -0.25) is 14.9 Å². The second-order valence-electron chi connectivity index (χ2n) is 6.32. The lowest BCUT2D eigenvalue weighted by molar-refractivity contribution is 0.0725. The fraction of sp³-hybridized carbons (Fsp3) is 0.250. The molecule has 0 aromatic heterocycles. The first-order valence-corrected chi connectivity index (χ1v) is 9.59. The van der Waals surface area contributed by atoms with E-state index in [2.05, 4.69) is 10.6 Å². The van der Waals surface area contributed by atoms with Crippen molar-refractivity contribution < 1.29 is 9.59 Å². The molecule has 0 bridgehead atoms. The highest BCUT2D eigenvalue weighted by molar-refractivity contribution is 7.80. The Hall–Kier alpha value is -2.44. The molecule has 140 valence electrons. The predicted octanol–water partition coefficient (Wildman–Crippen LogP) is 4.09. The topological polar surface area (TPSA) is 61.4 Å². The fourth-order valence-corrected chi connectivity index (χ4v) is 3.40. The maximum atomic E-state index is 12.8. The van der Waals surface area contributed by atoms with E-state index >= 15 is 0 Å². The number of halogens is 1. The molecule has 7 heteroatoms. The lowest BCUT2D eigenvalue weighted by Crippen LogP contribution is -2.37. The van der Waals surface area contributed by atoms with Crippen LogP contribution >= 0.6 is 23.8 Å². The predicted molar refractivity (Wildman–Crippen MR) is 111 cm³/mol. The van der Waals surface area contributed by atoms with Gasteiger partial charge in [-0.25, -0.2) is 0 Å². The average molecular weight is 402 g/mol. The number of carbonyl (C=O) groups is 2. The van der Waals surface area contributed by atoms with Crippen molar-refractivity contribution in [2.24, 2.45) is 0 Å². The van der Waals surface area contributed by atoms with Crippen LogP contribution in [0.3, 0.4) is 0 Å². The zero-order valence-corrected chi connectivity index (χ0v) is 16.3. The molecule has 3 rings (SSSR count). The highest BCUT2D eigenvalue weighted by atomic mass is 35.5. The summed E-state index contributed by atoms with van der Waals surface area (Å²) in [5, 5.41) is 6.18. The number of para-hydroxylation sites is 1. The molecule has 1 aliphatic heterocycles. The highest BCUT2D eigenvalue weighted by Gasteiger charge is 2.21. The summed E-state index contributed by atoms with van der Waals surface area (Å²) in [6.07, 6.45) is 3.20. The van der Waals surface area contributed by atoms with Crippen molar-refractivity contribution in [3.05, 3.63) is 64.7 Å². The number of carbonyl (C=O) groups excluding carboxylic acids is 2. The average Bonchev–Trinajstić information content (AvgIpc) is 2.68. The van der Waals surface area contributed by atoms with Crippen LogP contribution in [0.25, 0.3) is 0 Å². The third-order valence-electron chi connectivity index (χ3n) is 4.36. The number of benzene rings is 2. The largest absolute Gasteiger partial charge is 0.339 e. The normalized spacial score (nSPS) is 13.7. The number of piperidine rings is 1. The van der Waals surface area contributed by atoms with Crippen molar-refractivity contribution in [3.63, 3.8) is 0 Å². The van der Waals surface area contributed by atoms with Crippen LogP contribution in [0.5, 0.6) is 0 Å². The van der Waals surface area contributed by atoms with Crippen LogP contribution in [-0.2, 0) is 0 Å². The fourth-order valence-electron chi connectivity index (χ4n) is 3.00. The Morgan fingerprint density at radius 2 is 1.74 bits per heavy atom.